The third-order valence-corrected chi connectivity index (χ3v) is 4.32. The summed E-state index contributed by atoms with van der Waals surface area (Å²) in [5, 5.41) is 3.44. The third kappa shape index (κ3) is 2.69. The van der Waals surface area contributed by atoms with Gasteiger partial charge >= 0.3 is 0 Å². The molecule has 1 aliphatic heterocycles. The van der Waals surface area contributed by atoms with Crippen LogP contribution in [0.3, 0.4) is 0 Å². The van der Waals surface area contributed by atoms with Crippen LogP contribution in [0.1, 0.15) is 44.7 Å². The Morgan fingerprint density at radius 3 is 2.67 bits per heavy atom. The van der Waals surface area contributed by atoms with Gasteiger partial charge in [-0.15, -0.1) is 0 Å². The molecule has 1 heterocycles. The summed E-state index contributed by atoms with van der Waals surface area (Å²) in [7, 11) is 2.07. The van der Waals surface area contributed by atoms with Gasteiger partial charge in [0.05, 0.1) is 0 Å². The first-order valence-electron chi connectivity index (χ1n) is 7.31. The van der Waals surface area contributed by atoms with E-state index in [0.717, 1.165) is 5.92 Å². The van der Waals surface area contributed by atoms with Gasteiger partial charge < -0.3 is 10.2 Å². The van der Waals surface area contributed by atoms with Crippen LogP contribution in [0.2, 0.25) is 0 Å². The van der Waals surface area contributed by atoms with Crippen molar-refractivity contribution in [3.63, 3.8) is 0 Å². The molecule has 2 heteroatoms. The minimum Gasteiger partial charge on any atom is -0.371 e. The van der Waals surface area contributed by atoms with Crippen LogP contribution in [-0.2, 0) is 0 Å². The molecule has 1 aliphatic rings. The molecule has 1 atom stereocenters. The molecule has 2 nitrogen and oxygen atoms in total. The van der Waals surface area contributed by atoms with Crippen LogP contribution in [0.4, 0.5) is 5.69 Å². The molecule has 1 aromatic rings. The average molecular weight is 246 g/mol. The van der Waals surface area contributed by atoms with Gasteiger partial charge in [0.1, 0.15) is 0 Å². The van der Waals surface area contributed by atoms with E-state index < -0.39 is 0 Å². The van der Waals surface area contributed by atoms with Gasteiger partial charge in [0.2, 0.25) is 0 Å². The fourth-order valence-electron chi connectivity index (χ4n) is 2.98. The minimum atomic E-state index is 0.527. The van der Waals surface area contributed by atoms with Gasteiger partial charge in [-0.1, -0.05) is 44.9 Å². The van der Waals surface area contributed by atoms with E-state index in [1.54, 1.807) is 0 Å². The van der Waals surface area contributed by atoms with Crippen molar-refractivity contribution in [3.05, 3.63) is 29.8 Å². The maximum Gasteiger partial charge on any atom is 0.0414 e. The lowest BCUT2D eigenvalue weighted by Gasteiger charge is -2.37. The summed E-state index contributed by atoms with van der Waals surface area (Å²) < 4.78 is 0. The first-order valence-corrected chi connectivity index (χ1v) is 7.31. The van der Waals surface area contributed by atoms with Crippen LogP contribution in [0.25, 0.3) is 0 Å². The highest BCUT2D eigenvalue weighted by Crippen LogP contribution is 2.34. The van der Waals surface area contributed by atoms with E-state index in [-0.39, 0.29) is 0 Å². The van der Waals surface area contributed by atoms with Gasteiger partial charge in [-0.25, -0.2) is 0 Å². The Labute approximate surface area is 111 Å². The van der Waals surface area contributed by atoms with Gasteiger partial charge in [-0.3, -0.25) is 0 Å². The Morgan fingerprint density at radius 2 is 2.00 bits per heavy atom. The molecule has 1 unspecified atom stereocenters. The van der Waals surface area contributed by atoms with Crippen molar-refractivity contribution in [1.82, 2.24) is 5.32 Å². The predicted octanol–water partition coefficient (Wildman–Crippen LogP) is 3.59. The van der Waals surface area contributed by atoms with E-state index in [4.69, 9.17) is 0 Å². The number of rotatable bonds is 5. The maximum atomic E-state index is 3.44. The Hall–Kier alpha value is -1.02. The molecule has 0 aliphatic carbocycles. The topological polar surface area (TPSA) is 15.3 Å². The predicted molar refractivity (Wildman–Crippen MR) is 79.1 cm³/mol. The first-order chi connectivity index (χ1) is 8.80. The number of nitrogens with zero attached hydrogens (tertiary/aromatic N) is 1. The van der Waals surface area contributed by atoms with Crippen LogP contribution in [-0.4, -0.2) is 20.1 Å². The quantitative estimate of drug-likeness (QED) is 0.854. The van der Waals surface area contributed by atoms with E-state index in [1.807, 2.05) is 0 Å². The van der Waals surface area contributed by atoms with E-state index in [2.05, 4.69) is 55.4 Å². The molecule has 0 radical (unpaired) electrons. The summed E-state index contributed by atoms with van der Waals surface area (Å²) in [6.07, 6.45) is 3.78. The Bertz CT molecular complexity index is 371. The second kappa shape index (κ2) is 6.24. The van der Waals surface area contributed by atoms with E-state index in [1.165, 1.54) is 43.6 Å². The van der Waals surface area contributed by atoms with Gasteiger partial charge in [0.15, 0.2) is 0 Å². The van der Waals surface area contributed by atoms with Crippen molar-refractivity contribution >= 4 is 5.69 Å². The second-order valence-corrected chi connectivity index (χ2v) is 5.32. The minimum absolute atomic E-state index is 0.527. The fourth-order valence-corrected chi connectivity index (χ4v) is 2.98. The first kappa shape index (κ1) is 13.4. The van der Waals surface area contributed by atoms with Gasteiger partial charge in [0.25, 0.3) is 0 Å². The van der Waals surface area contributed by atoms with Crippen LogP contribution >= 0.6 is 0 Å². The molecule has 0 aromatic heterocycles. The maximum absolute atomic E-state index is 3.44. The number of hydrogen-bond acceptors (Lipinski definition) is 2. The summed E-state index contributed by atoms with van der Waals surface area (Å²) in [5.41, 5.74) is 2.91. The SMILES string of the molecule is CCC(CC)CN1CCC(NC)c2ccccc21. The van der Waals surface area contributed by atoms with Gasteiger partial charge in [-0.05, 0) is 31.0 Å². The zero-order chi connectivity index (χ0) is 13.0. The molecule has 0 bridgehead atoms. The van der Waals surface area contributed by atoms with Crippen LogP contribution in [0, 0.1) is 5.92 Å². The fraction of sp³-hybridized carbons (Fsp3) is 0.625. The number of nitrogens with one attached hydrogen (secondary N) is 1. The molecule has 1 N–H and O–H groups in total. The number of para-hydroxylation sites is 1. The van der Waals surface area contributed by atoms with Crippen molar-refractivity contribution in [2.24, 2.45) is 5.92 Å². The normalized spacial score (nSPS) is 19.1. The average Bonchev–Trinajstić information content (AvgIpc) is 2.44. The highest BCUT2D eigenvalue weighted by Gasteiger charge is 2.24. The van der Waals surface area contributed by atoms with Crippen LogP contribution < -0.4 is 10.2 Å². The number of fused-ring (bicyclic) bond motifs is 1. The highest BCUT2D eigenvalue weighted by molar-refractivity contribution is 5.57. The van der Waals surface area contributed by atoms with Crippen molar-refractivity contribution < 1.29 is 0 Å². The summed E-state index contributed by atoms with van der Waals surface area (Å²) >= 11 is 0. The number of benzene rings is 1. The lowest BCUT2D eigenvalue weighted by Crippen LogP contribution is -2.37. The molecular weight excluding hydrogens is 220 g/mol. The molecule has 0 saturated heterocycles. The van der Waals surface area contributed by atoms with E-state index in [0.29, 0.717) is 6.04 Å². The monoisotopic (exact) mass is 246 g/mol. The molecule has 1 aromatic carbocycles. The largest absolute Gasteiger partial charge is 0.371 e. The summed E-state index contributed by atoms with van der Waals surface area (Å²) in [6, 6.07) is 9.40. The van der Waals surface area contributed by atoms with Crippen molar-refractivity contribution in [1.29, 1.82) is 0 Å². The van der Waals surface area contributed by atoms with Gasteiger partial charge in [0, 0.05) is 24.8 Å². The Kier molecular flexibility index (Phi) is 4.65. The van der Waals surface area contributed by atoms with E-state index >= 15 is 0 Å². The van der Waals surface area contributed by atoms with Crippen molar-refractivity contribution in [2.75, 3.05) is 25.0 Å². The summed E-state index contributed by atoms with van der Waals surface area (Å²) in [4.78, 5) is 2.58. The highest BCUT2D eigenvalue weighted by atomic mass is 15.1. The van der Waals surface area contributed by atoms with Crippen LogP contribution in [0.15, 0.2) is 24.3 Å². The standard InChI is InChI=1S/C16H26N2/c1-4-13(5-2)12-18-11-10-15(17-3)14-8-6-7-9-16(14)18/h6-9,13,15,17H,4-5,10-12H2,1-3H3. The smallest absolute Gasteiger partial charge is 0.0414 e. The van der Waals surface area contributed by atoms with Crippen molar-refractivity contribution in [3.8, 4) is 0 Å². The lowest BCUT2D eigenvalue weighted by molar-refractivity contribution is 0.451. The molecule has 18 heavy (non-hydrogen) atoms. The number of hydrogen-bond donors (Lipinski definition) is 1. The Morgan fingerprint density at radius 1 is 1.28 bits per heavy atom. The second-order valence-electron chi connectivity index (χ2n) is 5.32. The number of anilines is 1. The van der Waals surface area contributed by atoms with Gasteiger partial charge in [-0.2, -0.15) is 0 Å². The van der Waals surface area contributed by atoms with E-state index in [9.17, 15) is 0 Å². The molecular formula is C16H26N2. The zero-order valence-electron chi connectivity index (χ0n) is 11.9. The van der Waals surface area contributed by atoms with Crippen molar-refractivity contribution in [2.45, 2.75) is 39.2 Å². The summed E-state index contributed by atoms with van der Waals surface area (Å²) in [5.74, 6) is 0.823. The Balaban J connectivity index is 2.19. The molecule has 100 valence electrons. The molecule has 2 rings (SSSR count). The summed E-state index contributed by atoms with van der Waals surface area (Å²) in [6.45, 7) is 7.00. The molecule has 0 spiro atoms. The third-order valence-electron chi connectivity index (χ3n) is 4.32. The molecule has 0 amide bonds. The molecule has 0 fully saturated rings. The zero-order valence-corrected chi connectivity index (χ0v) is 11.9. The molecule has 0 saturated carbocycles. The lowest BCUT2D eigenvalue weighted by atomic mass is 9.94. The van der Waals surface area contributed by atoms with Crippen LogP contribution in [0.5, 0.6) is 0 Å².